The van der Waals surface area contributed by atoms with E-state index >= 15 is 0 Å². The van der Waals surface area contributed by atoms with E-state index in [0.717, 1.165) is 0 Å². The molecule has 0 saturated heterocycles. The Morgan fingerprint density at radius 2 is 1.75 bits per heavy atom. The van der Waals surface area contributed by atoms with Crippen molar-refractivity contribution in [2.75, 3.05) is 5.75 Å². The summed E-state index contributed by atoms with van der Waals surface area (Å²) in [7, 11) is 0. The molecule has 4 nitrogen and oxygen atoms in total. The second-order valence-corrected chi connectivity index (χ2v) is 3.10. The van der Waals surface area contributed by atoms with Crippen LogP contribution in [0.4, 0.5) is 0 Å². The van der Waals surface area contributed by atoms with Gasteiger partial charge in [0, 0.05) is 5.75 Å². The second-order valence-electron chi connectivity index (χ2n) is 1.88. The Balaban J connectivity index is 0. The van der Waals surface area contributed by atoms with Gasteiger partial charge in [-0.2, -0.15) is 25.3 Å². The molecule has 0 amide bonds. The number of thiol groups is 2. The Morgan fingerprint density at radius 1 is 1.42 bits per heavy atom. The van der Waals surface area contributed by atoms with Gasteiger partial charge < -0.3 is 10.2 Å². The van der Waals surface area contributed by atoms with Crippen LogP contribution in [0.25, 0.3) is 0 Å². The summed E-state index contributed by atoms with van der Waals surface area (Å²) in [5.41, 5.74) is 0. The average molecular weight is 212 g/mol. The average Bonchev–Trinajstić information content (AvgIpc) is 1.87. The molecule has 6 heteroatoms. The zero-order chi connectivity index (χ0) is 10.1. The fourth-order valence-corrected chi connectivity index (χ4v) is 0.287. The normalized spacial score (nSPS) is 10.9. The fraction of sp³-hybridized carbons (Fsp3) is 0.667. The van der Waals surface area contributed by atoms with E-state index in [-0.39, 0.29) is 6.42 Å². The number of aliphatic carboxylic acids is 2. The third kappa shape index (κ3) is 16.3. The Morgan fingerprint density at radius 3 is 1.75 bits per heavy atom. The summed E-state index contributed by atoms with van der Waals surface area (Å²) in [6.07, 6.45) is 0.156. The van der Waals surface area contributed by atoms with Crippen molar-refractivity contribution in [2.24, 2.45) is 0 Å². The van der Waals surface area contributed by atoms with E-state index in [2.05, 4.69) is 25.3 Å². The molecule has 0 aromatic carbocycles. The van der Waals surface area contributed by atoms with Crippen molar-refractivity contribution < 1.29 is 19.8 Å². The predicted molar refractivity (Wildman–Crippen MR) is 52.2 cm³/mol. The molecule has 1 unspecified atom stereocenters. The lowest BCUT2D eigenvalue weighted by Gasteiger charge is -1.88. The lowest BCUT2D eigenvalue weighted by atomic mass is 10.5. The molecule has 2 N–H and O–H groups in total. The molecule has 72 valence electrons. The second kappa shape index (κ2) is 8.73. The standard InChI is InChI=1S/2C3H6O2S/c1-2(6)3(4)5;4-3(5)1-2-6/h2,6H,1H3,(H,4,5);6H,1-2H2,(H,4,5). The quantitative estimate of drug-likeness (QED) is 0.522. The highest BCUT2D eigenvalue weighted by Gasteiger charge is 2.00. The predicted octanol–water partition coefficient (Wildman–Crippen LogP) is 0.780. The number of hydrogen-bond acceptors (Lipinski definition) is 4. The lowest BCUT2D eigenvalue weighted by Crippen LogP contribution is -2.06. The first-order chi connectivity index (χ1) is 5.41. The number of carboxylic acid groups (broad SMARTS) is 2. The zero-order valence-corrected chi connectivity index (χ0v) is 8.39. The van der Waals surface area contributed by atoms with Crippen molar-refractivity contribution in [3.05, 3.63) is 0 Å². The van der Waals surface area contributed by atoms with Gasteiger partial charge in [0.05, 0.1) is 11.7 Å². The van der Waals surface area contributed by atoms with E-state index < -0.39 is 17.2 Å². The highest BCUT2D eigenvalue weighted by Crippen LogP contribution is 1.88. The van der Waals surface area contributed by atoms with Gasteiger partial charge in [-0.3, -0.25) is 9.59 Å². The van der Waals surface area contributed by atoms with E-state index in [1.807, 2.05) is 0 Å². The molecule has 0 radical (unpaired) electrons. The maximum Gasteiger partial charge on any atom is 0.316 e. The molecule has 0 saturated carbocycles. The van der Waals surface area contributed by atoms with Gasteiger partial charge in [-0.15, -0.1) is 0 Å². The van der Waals surface area contributed by atoms with Crippen molar-refractivity contribution in [2.45, 2.75) is 18.6 Å². The van der Waals surface area contributed by atoms with Crippen LogP contribution >= 0.6 is 25.3 Å². The molecule has 0 aromatic rings. The molecule has 0 bridgehead atoms. The van der Waals surface area contributed by atoms with Gasteiger partial charge in [0.2, 0.25) is 0 Å². The van der Waals surface area contributed by atoms with Gasteiger partial charge in [0.25, 0.3) is 0 Å². The van der Waals surface area contributed by atoms with Crippen LogP contribution in [0.5, 0.6) is 0 Å². The summed E-state index contributed by atoms with van der Waals surface area (Å²) < 4.78 is 0. The topological polar surface area (TPSA) is 74.6 Å². The molecule has 0 aromatic heterocycles. The molecular weight excluding hydrogens is 200 g/mol. The van der Waals surface area contributed by atoms with Gasteiger partial charge in [-0.25, -0.2) is 0 Å². The zero-order valence-electron chi connectivity index (χ0n) is 6.60. The molecular formula is C6H12O4S2. The summed E-state index contributed by atoms with van der Waals surface area (Å²) in [4.78, 5) is 19.2. The fourth-order valence-electron chi connectivity index (χ4n) is 0.0956. The van der Waals surface area contributed by atoms with Crippen molar-refractivity contribution in [3.8, 4) is 0 Å². The third-order valence-electron chi connectivity index (χ3n) is 0.683. The van der Waals surface area contributed by atoms with Crippen LogP contribution in [0.2, 0.25) is 0 Å². The van der Waals surface area contributed by atoms with Gasteiger partial charge in [-0.1, -0.05) is 0 Å². The molecule has 0 spiro atoms. The van der Waals surface area contributed by atoms with Crippen molar-refractivity contribution in [1.82, 2.24) is 0 Å². The maximum absolute atomic E-state index is 9.62. The van der Waals surface area contributed by atoms with Crippen LogP contribution in [0.1, 0.15) is 13.3 Å². The molecule has 12 heavy (non-hydrogen) atoms. The van der Waals surface area contributed by atoms with E-state index in [9.17, 15) is 9.59 Å². The Bertz CT molecular complexity index is 146. The van der Waals surface area contributed by atoms with Crippen LogP contribution in [0.3, 0.4) is 0 Å². The lowest BCUT2D eigenvalue weighted by molar-refractivity contribution is -0.137. The smallest absolute Gasteiger partial charge is 0.316 e. The summed E-state index contributed by atoms with van der Waals surface area (Å²) in [5, 5.41) is 15.2. The number of hydrogen-bond donors (Lipinski definition) is 4. The van der Waals surface area contributed by atoms with E-state index in [1.165, 1.54) is 6.92 Å². The minimum Gasteiger partial charge on any atom is -0.481 e. The molecule has 0 heterocycles. The van der Waals surface area contributed by atoms with Gasteiger partial charge >= 0.3 is 11.9 Å². The monoisotopic (exact) mass is 212 g/mol. The van der Waals surface area contributed by atoms with Gasteiger partial charge in [0.1, 0.15) is 0 Å². The Kier molecular flexibility index (Phi) is 10.3. The van der Waals surface area contributed by atoms with Crippen LogP contribution in [-0.4, -0.2) is 33.2 Å². The first-order valence-electron chi connectivity index (χ1n) is 3.15. The highest BCUT2D eigenvalue weighted by molar-refractivity contribution is 7.81. The van der Waals surface area contributed by atoms with Crippen LogP contribution in [0.15, 0.2) is 0 Å². The largest absolute Gasteiger partial charge is 0.481 e. The van der Waals surface area contributed by atoms with E-state index in [0.29, 0.717) is 5.75 Å². The maximum atomic E-state index is 9.62. The molecule has 1 atom stereocenters. The van der Waals surface area contributed by atoms with Crippen LogP contribution in [0, 0.1) is 0 Å². The number of carbonyl (C=O) groups is 2. The van der Waals surface area contributed by atoms with Gasteiger partial charge in [-0.05, 0) is 6.92 Å². The van der Waals surface area contributed by atoms with Crippen molar-refractivity contribution in [1.29, 1.82) is 0 Å². The number of carboxylic acids is 2. The van der Waals surface area contributed by atoms with Crippen LogP contribution in [-0.2, 0) is 9.59 Å². The van der Waals surface area contributed by atoms with E-state index in [1.54, 1.807) is 0 Å². The first kappa shape index (κ1) is 14.2. The van der Waals surface area contributed by atoms with Crippen molar-refractivity contribution >= 4 is 37.2 Å². The molecule has 0 aliphatic carbocycles. The Labute approximate surface area is 81.8 Å². The summed E-state index contributed by atoms with van der Waals surface area (Å²) in [6, 6.07) is 0. The van der Waals surface area contributed by atoms with Crippen molar-refractivity contribution in [3.63, 3.8) is 0 Å². The third-order valence-corrected chi connectivity index (χ3v) is 1.13. The van der Waals surface area contributed by atoms with E-state index in [4.69, 9.17) is 10.2 Å². The summed E-state index contributed by atoms with van der Waals surface area (Å²) in [6.45, 7) is 1.51. The SMILES string of the molecule is CC(S)C(=O)O.O=C(O)CCS. The molecule has 0 aliphatic rings. The molecule has 0 aliphatic heterocycles. The summed E-state index contributed by atoms with van der Waals surface area (Å²) in [5.74, 6) is -1.24. The molecule has 0 fully saturated rings. The Hall–Kier alpha value is -0.360. The highest BCUT2D eigenvalue weighted by atomic mass is 32.1. The minimum absolute atomic E-state index is 0.156. The van der Waals surface area contributed by atoms with Crippen LogP contribution < -0.4 is 0 Å². The minimum atomic E-state index is -0.877. The summed E-state index contributed by atoms with van der Waals surface area (Å²) >= 11 is 7.27. The number of rotatable bonds is 3. The first-order valence-corrected chi connectivity index (χ1v) is 4.30. The molecule has 0 rings (SSSR count). The van der Waals surface area contributed by atoms with Gasteiger partial charge in [0.15, 0.2) is 0 Å².